The molecule has 5 rings (SSSR count). The van der Waals surface area contributed by atoms with Crippen LogP contribution in [-0.4, -0.2) is 56.5 Å². The highest BCUT2D eigenvalue weighted by Gasteiger charge is 2.28. The van der Waals surface area contributed by atoms with Crippen molar-refractivity contribution in [2.24, 2.45) is 5.92 Å². The number of fused-ring (bicyclic) bond motifs is 1. The number of hydrogen-bond donors (Lipinski definition) is 1. The molecular weight excluding hydrogens is 364 g/mol. The summed E-state index contributed by atoms with van der Waals surface area (Å²) in [5.74, 6) is 0.869. The van der Waals surface area contributed by atoms with Crippen molar-refractivity contribution in [3.05, 3.63) is 48.0 Å². The maximum atomic E-state index is 13.1. The molecule has 2 aliphatic rings. The van der Waals surface area contributed by atoms with Gasteiger partial charge in [-0.3, -0.25) is 9.78 Å². The van der Waals surface area contributed by atoms with Gasteiger partial charge in [0.25, 0.3) is 5.91 Å². The number of carbonyl (C=O) groups is 1. The monoisotopic (exact) mass is 390 g/mol. The molecule has 29 heavy (non-hydrogen) atoms. The Morgan fingerprint density at radius 1 is 1.17 bits per heavy atom. The Kier molecular flexibility index (Phi) is 4.75. The van der Waals surface area contributed by atoms with E-state index in [1.807, 2.05) is 42.3 Å². The standard InChI is InChI=1S/C22H26N6O/c1-15-21(22(29)27-11-8-18(9-12-27)24-13-16-5-6-16)25-26-28(15)20-4-2-3-17-14-23-10-7-19(17)20/h2-4,7,10,14,16,18,24H,5-6,8-9,11-13H2,1H3. The molecule has 3 aromatic rings. The van der Waals surface area contributed by atoms with Crippen molar-refractivity contribution >= 4 is 16.7 Å². The van der Waals surface area contributed by atoms with Gasteiger partial charge < -0.3 is 10.2 Å². The molecular formula is C22H26N6O. The Bertz CT molecular complexity index is 1030. The van der Waals surface area contributed by atoms with Crippen molar-refractivity contribution in [3.8, 4) is 5.69 Å². The van der Waals surface area contributed by atoms with E-state index in [1.54, 1.807) is 10.9 Å². The highest BCUT2D eigenvalue weighted by Crippen LogP contribution is 2.28. The topological polar surface area (TPSA) is 75.9 Å². The van der Waals surface area contributed by atoms with Crippen molar-refractivity contribution in [3.63, 3.8) is 0 Å². The Hall–Kier alpha value is -2.80. The Morgan fingerprint density at radius 2 is 2.00 bits per heavy atom. The van der Waals surface area contributed by atoms with Gasteiger partial charge in [0.2, 0.25) is 0 Å². The molecule has 1 amide bonds. The Morgan fingerprint density at radius 3 is 2.79 bits per heavy atom. The molecule has 0 spiro atoms. The summed E-state index contributed by atoms with van der Waals surface area (Å²) in [6.07, 6.45) is 8.34. The summed E-state index contributed by atoms with van der Waals surface area (Å²) < 4.78 is 1.76. The Balaban J connectivity index is 1.32. The van der Waals surface area contributed by atoms with E-state index < -0.39 is 0 Å². The average Bonchev–Trinajstić information content (AvgIpc) is 3.52. The van der Waals surface area contributed by atoms with Crippen molar-refractivity contribution in [1.29, 1.82) is 0 Å². The van der Waals surface area contributed by atoms with Crippen LogP contribution in [0.3, 0.4) is 0 Å². The fraction of sp³-hybridized carbons (Fsp3) is 0.455. The number of aromatic nitrogens is 4. The second-order valence-corrected chi connectivity index (χ2v) is 8.23. The molecule has 2 fully saturated rings. The van der Waals surface area contributed by atoms with Gasteiger partial charge in [-0.2, -0.15) is 0 Å². The first kappa shape index (κ1) is 18.2. The van der Waals surface area contributed by atoms with E-state index in [4.69, 9.17) is 0 Å². The molecule has 0 atom stereocenters. The smallest absolute Gasteiger partial charge is 0.276 e. The third-order valence-corrected chi connectivity index (χ3v) is 6.16. The highest BCUT2D eigenvalue weighted by molar-refractivity contribution is 5.94. The van der Waals surface area contributed by atoms with Crippen molar-refractivity contribution < 1.29 is 4.79 Å². The predicted molar refractivity (Wildman–Crippen MR) is 111 cm³/mol. The van der Waals surface area contributed by atoms with Gasteiger partial charge in [-0.15, -0.1) is 5.10 Å². The van der Waals surface area contributed by atoms with Gasteiger partial charge in [-0.05, 0) is 57.2 Å². The highest BCUT2D eigenvalue weighted by atomic mass is 16.2. The molecule has 1 N–H and O–H groups in total. The van der Waals surface area contributed by atoms with Crippen LogP contribution in [0.15, 0.2) is 36.7 Å². The van der Waals surface area contributed by atoms with E-state index in [1.165, 1.54) is 12.8 Å². The van der Waals surface area contributed by atoms with Crippen molar-refractivity contribution in [1.82, 2.24) is 30.2 Å². The number of benzene rings is 1. The zero-order valence-corrected chi connectivity index (χ0v) is 16.7. The van der Waals surface area contributed by atoms with Gasteiger partial charge in [0.15, 0.2) is 5.69 Å². The molecule has 1 saturated carbocycles. The number of nitrogens with zero attached hydrogens (tertiary/aromatic N) is 5. The van der Waals surface area contributed by atoms with Crippen molar-refractivity contribution in [2.75, 3.05) is 19.6 Å². The average molecular weight is 390 g/mol. The molecule has 150 valence electrons. The second-order valence-electron chi connectivity index (χ2n) is 8.23. The lowest BCUT2D eigenvalue weighted by atomic mass is 10.0. The molecule has 7 nitrogen and oxygen atoms in total. The van der Waals surface area contributed by atoms with E-state index in [9.17, 15) is 4.79 Å². The molecule has 1 aliphatic heterocycles. The molecule has 2 aromatic heterocycles. The molecule has 1 saturated heterocycles. The number of piperidine rings is 1. The minimum absolute atomic E-state index is 0.0173. The van der Waals surface area contributed by atoms with Crippen LogP contribution in [0.4, 0.5) is 0 Å². The number of nitrogens with one attached hydrogen (secondary N) is 1. The summed E-state index contributed by atoms with van der Waals surface area (Å²) in [7, 11) is 0. The first-order chi connectivity index (χ1) is 14.2. The molecule has 1 aromatic carbocycles. The van der Waals surface area contributed by atoms with Crippen LogP contribution < -0.4 is 5.32 Å². The first-order valence-corrected chi connectivity index (χ1v) is 10.5. The summed E-state index contributed by atoms with van der Waals surface area (Å²) in [6.45, 7) is 4.59. The van der Waals surface area contributed by atoms with Crippen LogP contribution >= 0.6 is 0 Å². The van der Waals surface area contributed by atoms with Gasteiger partial charge in [0.1, 0.15) is 0 Å². The minimum atomic E-state index is -0.0173. The fourth-order valence-corrected chi connectivity index (χ4v) is 4.14. The lowest BCUT2D eigenvalue weighted by Crippen LogP contribution is -2.45. The quantitative estimate of drug-likeness (QED) is 0.725. The molecule has 1 aliphatic carbocycles. The van der Waals surface area contributed by atoms with E-state index in [0.717, 1.165) is 60.5 Å². The summed E-state index contributed by atoms with van der Waals surface area (Å²) in [4.78, 5) is 19.2. The zero-order valence-electron chi connectivity index (χ0n) is 16.7. The van der Waals surface area contributed by atoms with Gasteiger partial charge in [-0.25, -0.2) is 4.68 Å². The SMILES string of the molecule is Cc1c(C(=O)N2CCC(NCC3CC3)CC2)nnn1-c1cccc2cnccc12. The van der Waals surface area contributed by atoms with Crippen LogP contribution in [0.25, 0.3) is 16.5 Å². The van der Waals surface area contributed by atoms with Gasteiger partial charge >= 0.3 is 0 Å². The first-order valence-electron chi connectivity index (χ1n) is 10.5. The third kappa shape index (κ3) is 3.62. The molecule has 3 heterocycles. The number of likely N-dealkylation sites (tertiary alicyclic amines) is 1. The summed E-state index contributed by atoms with van der Waals surface area (Å²) >= 11 is 0. The number of carbonyl (C=O) groups excluding carboxylic acids is 1. The third-order valence-electron chi connectivity index (χ3n) is 6.16. The fourth-order valence-electron chi connectivity index (χ4n) is 4.14. The van der Waals surface area contributed by atoms with Crippen molar-refractivity contribution in [2.45, 2.75) is 38.6 Å². The Labute approximate surface area is 170 Å². The van der Waals surface area contributed by atoms with Crippen LogP contribution in [0.5, 0.6) is 0 Å². The van der Waals surface area contributed by atoms with Crippen LogP contribution in [-0.2, 0) is 0 Å². The number of rotatable bonds is 5. The maximum Gasteiger partial charge on any atom is 0.276 e. The second kappa shape index (κ2) is 7.55. The predicted octanol–water partition coefficient (Wildman–Crippen LogP) is 2.73. The lowest BCUT2D eigenvalue weighted by Gasteiger charge is -2.32. The van der Waals surface area contributed by atoms with Gasteiger partial charge in [0, 0.05) is 42.3 Å². The summed E-state index contributed by atoms with van der Waals surface area (Å²) in [6, 6.07) is 8.48. The van der Waals surface area contributed by atoms with Crippen LogP contribution in [0.1, 0.15) is 41.9 Å². The molecule has 0 unspecified atom stereocenters. The van der Waals surface area contributed by atoms with Gasteiger partial charge in [0.05, 0.1) is 11.4 Å². The van der Waals surface area contributed by atoms with Gasteiger partial charge in [-0.1, -0.05) is 17.3 Å². The number of amides is 1. The summed E-state index contributed by atoms with van der Waals surface area (Å²) in [5.41, 5.74) is 2.13. The van der Waals surface area contributed by atoms with E-state index >= 15 is 0 Å². The molecule has 0 radical (unpaired) electrons. The van der Waals surface area contributed by atoms with Crippen LogP contribution in [0.2, 0.25) is 0 Å². The molecule has 7 heteroatoms. The lowest BCUT2D eigenvalue weighted by molar-refractivity contribution is 0.0698. The number of hydrogen-bond acceptors (Lipinski definition) is 5. The number of pyridine rings is 1. The van der Waals surface area contributed by atoms with E-state index in [0.29, 0.717) is 11.7 Å². The minimum Gasteiger partial charge on any atom is -0.337 e. The van der Waals surface area contributed by atoms with Crippen LogP contribution in [0, 0.1) is 12.8 Å². The van der Waals surface area contributed by atoms with E-state index in [2.05, 4.69) is 20.6 Å². The van der Waals surface area contributed by atoms with E-state index in [-0.39, 0.29) is 5.91 Å². The zero-order chi connectivity index (χ0) is 19.8. The normalized spacial score (nSPS) is 17.8. The molecule has 0 bridgehead atoms. The summed E-state index contributed by atoms with van der Waals surface area (Å²) in [5, 5.41) is 14.3. The largest absolute Gasteiger partial charge is 0.337 e. The maximum absolute atomic E-state index is 13.1.